The van der Waals surface area contributed by atoms with E-state index in [4.69, 9.17) is 11.6 Å². The molecule has 0 saturated carbocycles. The predicted octanol–water partition coefficient (Wildman–Crippen LogP) is 5.22. The predicted molar refractivity (Wildman–Crippen MR) is 109 cm³/mol. The first-order chi connectivity index (χ1) is 12.3. The number of sulfonamides is 1. The Kier molecular flexibility index (Phi) is 5.67. The lowest BCUT2D eigenvalue weighted by Gasteiger charge is -2.10. The second-order valence-corrected chi connectivity index (χ2v) is 9.51. The van der Waals surface area contributed by atoms with Gasteiger partial charge in [0.25, 0.3) is 15.9 Å². The molecule has 0 fully saturated rings. The molecule has 1 aromatic heterocycles. The average molecular weight is 472 g/mol. The fraction of sp³-hybridized carbons (Fsp3) is 0. The Bertz CT molecular complexity index is 1050. The van der Waals surface area contributed by atoms with Gasteiger partial charge in [0.2, 0.25) is 0 Å². The molecule has 2 aromatic carbocycles. The molecule has 0 aliphatic heterocycles. The molecule has 3 rings (SSSR count). The highest BCUT2D eigenvalue weighted by molar-refractivity contribution is 9.10. The molecule has 0 aliphatic carbocycles. The number of rotatable bonds is 5. The Hall–Kier alpha value is -1.87. The van der Waals surface area contributed by atoms with E-state index < -0.39 is 10.0 Å². The SMILES string of the molecule is O=C(Nc1cccc(S(=O)(=O)Nc2ccc(Br)cc2)c1)c1ccc(Cl)s1. The molecular formula is C17H12BrClN2O3S2. The molecule has 9 heteroatoms. The van der Waals surface area contributed by atoms with Gasteiger partial charge in [0.05, 0.1) is 14.1 Å². The highest BCUT2D eigenvalue weighted by Crippen LogP contribution is 2.24. The lowest BCUT2D eigenvalue weighted by atomic mass is 10.3. The lowest BCUT2D eigenvalue weighted by molar-refractivity contribution is 0.103. The second kappa shape index (κ2) is 7.79. The lowest BCUT2D eigenvalue weighted by Crippen LogP contribution is -2.14. The zero-order chi connectivity index (χ0) is 18.7. The number of halogens is 2. The number of amides is 1. The van der Waals surface area contributed by atoms with E-state index in [-0.39, 0.29) is 10.8 Å². The van der Waals surface area contributed by atoms with Gasteiger partial charge in [-0.2, -0.15) is 0 Å². The fourth-order valence-corrected chi connectivity index (χ4v) is 4.41. The maximum Gasteiger partial charge on any atom is 0.265 e. The maximum atomic E-state index is 12.5. The van der Waals surface area contributed by atoms with Gasteiger partial charge in [0.15, 0.2) is 0 Å². The van der Waals surface area contributed by atoms with Gasteiger partial charge in [-0.05, 0) is 54.6 Å². The maximum absolute atomic E-state index is 12.5. The molecule has 0 atom stereocenters. The minimum atomic E-state index is -3.78. The van der Waals surface area contributed by atoms with Crippen molar-refractivity contribution >= 4 is 66.2 Å². The molecule has 2 N–H and O–H groups in total. The summed E-state index contributed by atoms with van der Waals surface area (Å²) in [6.45, 7) is 0. The van der Waals surface area contributed by atoms with Crippen molar-refractivity contribution < 1.29 is 13.2 Å². The van der Waals surface area contributed by atoms with Crippen molar-refractivity contribution in [2.24, 2.45) is 0 Å². The highest BCUT2D eigenvalue weighted by atomic mass is 79.9. The summed E-state index contributed by atoms with van der Waals surface area (Å²) in [6, 6.07) is 16.0. The summed E-state index contributed by atoms with van der Waals surface area (Å²) < 4.78 is 28.9. The van der Waals surface area contributed by atoms with E-state index in [1.54, 1.807) is 48.5 Å². The van der Waals surface area contributed by atoms with Crippen LogP contribution in [0, 0.1) is 0 Å². The average Bonchev–Trinajstić information content (AvgIpc) is 3.04. The van der Waals surface area contributed by atoms with Crippen LogP contribution in [0.5, 0.6) is 0 Å². The van der Waals surface area contributed by atoms with Crippen molar-refractivity contribution in [2.75, 3.05) is 10.0 Å². The Labute approximate surface area is 168 Å². The molecule has 0 unspecified atom stereocenters. The summed E-state index contributed by atoms with van der Waals surface area (Å²) in [6.07, 6.45) is 0. The molecule has 1 heterocycles. The van der Waals surface area contributed by atoms with Crippen LogP contribution in [0.1, 0.15) is 9.67 Å². The smallest absolute Gasteiger partial charge is 0.265 e. The van der Waals surface area contributed by atoms with Crippen molar-refractivity contribution in [3.63, 3.8) is 0 Å². The van der Waals surface area contributed by atoms with Crippen molar-refractivity contribution in [3.05, 3.63) is 74.3 Å². The Morgan fingerprint density at radius 3 is 2.38 bits per heavy atom. The van der Waals surface area contributed by atoms with Crippen molar-refractivity contribution in [2.45, 2.75) is 4.90 Å². The van der Waals surface area contributed by atoms with E-state index in [1.807, 2.05) is 0 Å². The molecule has 0 bridgehead atoms. The van der Waals surface area contributed by atoms with Crippen LogP contribution in [0.15, 0.2) is 70.0 Å². The largest absolute Gasteiger partial charge is 0.321 e. The van der Waals surface area contributed by atoms with E-state index in [2.05, 4.69) is 26.0 Å². The van der Waals surface area contributed by atoms with E-state index >= 15 is 0 Å². The third-order valence-electron chi connectivity index (χ3n) is 3.30. The Balaban J connectivity index is 1.79. The quantitative estimate of drug-likeness (QED) is 0.536. The van der Waals surface area contributed by atoms with Gasteiger partial charge < -0.3 is 5.32 Å². The number of thiophene rings is 1. The molecule has 0 spiro atoms. The summed E-state index contributed by atoms with van der Waals surface area (Å²) >= 11 is 10.3. The van der Waals surface area contributed by atoms with E-state index in [1.165, 1.54) is 12.1 Å². The number of carbonyl (C=O) groups excluding carboxylic acids is 1. The van der Waals surface area contributed by atoms with Gasteiger partial charge >= 0.3 is 0 Å². The van der Waals surface area contributed by atoms with Crippen LogP contribution in [-0.4, -0.2) is 14.3 Å². The highest BCUT2D eigenvalue weighted by Gasteiger charge is 2.16. The zero-order valence-corrected chi connectivity index (χ0v) is 17.0. The standard InChI is InChI=1S/C17H12BrClN2O3S2/c18-11-4-6-12(7-5-11)21-26(23,24)14-3-1-2-13(10-14)20-17(22)15-8-9-16(19)25-15/h1-10,21H,(H,20,22). The molecule has 5 nitrogen and oxygen atoms in total. The van der Waals surface area contributed by atoms with Crippen molar-refractivity contribution in [1.82, 2.24) is 0 Å². The summed E-state index contributed by atoms with van der Waals surface area (Å²) in [4.78, 5) is 12.7. The normalized spacial score (nSPS) is 11.2. The minimum absolute atomic E-state index is 0.0439. The van der Waals surface area contributed by atoms with Gasteiger partial charge in [-0.3, -0.25) is 9.52 Å². The van der Waals surface area contributed by atoms with Crippen LogP contribution >= 0.6 is 38.9 Å². The van der Waals surface area contributed by atoms with E-state index in [9.17, 15) is 13.2 Å². The van der Waals surface area contributed by atoms with Gasteiger partial charge in [-0.15, -0.1) is 11.3 Å². The molecule has 1 amide bonds. The first kappa shape index (κ1) is 18.9. The molecule has 134 valence electrons. The summed E-state index contributed by atoms with van der Waals surface area (Å²) in [5.74, 6) is -0.350. The number of anilines is 2. The molecule has 26 heavy (non-hydrogen) atoms. The topological polar surface area (TPSA) is 75.3 Å². The van der Waals surface area contributed by atoms with Gasteiger partial charge in [0, 0.05) is 15.8 Å². The first-order valence-electron chi connectivity index (χ1n) is 7.29. The molecule has 0 radical (unpaired) electrons. The van der Waals surface area contributed by atoms with Crippen LogP contribution in [-0.2, 0) is 10.0 Å². The number of hydrogen-bond acceptors (Lipinski definition) is 4. The van der Waals surface area contributed by atoms with Gasteiger partial charge in [-0.25, -0.2) is 8.42 Å². The fourth-order valence-electron chi connectivity index (χ4n) is 2.10. The first-order valence-corrected chi connectivity index (χ1v) is 10.8. The number of hydrogen-bond donors (Lipinski definition) is 2. The molecule has 3 aromatic rings. The van der Waals surface area contributed by atoms with E-state index in [0.717, 1.165) is 15.8 Å². The third kappa shape index (κ3) is 4.64. The van der Waals surface area contributed by atoms with Crippen LogP contribution in [0.4, 0.5) is 11.4 Å². The number of carbonyl (C=O) groups is 1. The zero-order valence-electron chi connectivity index (χ0n) is 13.1. The summed E-state index contributed by atoms with van der Waals surface area (Å²) in [5, 5.41) is 2.67. The van der Waals surface area contributed by atoms with Crippen LogP contribution in [0.2, 0.25) is 4.34 Å². The van der Waals surface area contributed by atoms with Crippen molar-refractivity contribution in [1.29, 1.82) is 0 Å². The second-order valence-electron chi connectivity index (χ2n) is 5.20. The monoisotopic (exact) mass is 470 g/mol. The van der Waals surface area contributed by atoms with Gasteiger partial charge in [0.1, 0.15) is 0 Å². The van der Waals surface area contributed by atoms with Crippen molar-refractivity contribution in [3.8, 4) is 0 Å². The van der Waals surface area contributed by atoms with Gasteiger partial charge in [-0.1, -0.05) is 33.6 Å². The van der Waals surface area contributed by atoms with E-state index in [0.29, 0.717) is 20.6 Å². The van der Waals surface area contributed by atoms with Crippen LogP contribution in [0.25, 0.3) is 0 Å². The van der Waals surface area contributed by atoms with Crippen LogP contribution in [0.3, 0.4) is 0 Å². The minimum Gasteiger partial charge on any atom is -0.321 e. The molecular weight excluding hydrogens is 460 g/mol. The number of benzene rings is 2. The summed E-state index contributed by atoms with van der Waals surface area (Å²) in [5.41, 5.74) is 0.814. The molecule has 0 saturated heterocycles. The third-order valence-corrected chi connectivity index (χ3v) is 6.43. The Morgan fingerprint density at radius 1 is 1.00 bits per heavy atom. The summed E-state index contributed by atoms with van der Waals surface area (Å²) in [7, 11) is -3.78. The van der Waals surface area contributed by atoms with Crippen LogP contribution < -0.4 is 10.0 Å². The number of nitrogens with one attached hydrogen (secondary N) is 2. The Morgan fingerprint density at radius 2 is 1.73 bits per heavy atom. The molecule has 0 aliphatic rings.